The fraction of sp³-hybridized carbons (Fsp3) is 0.800. The van der Waals surface area contributed by atoms with Gasteiger partial charge in [-0.05, 0) is 25.0 Å². The average molecular weight is 168 g/mol. The summed E-state index contributed by atoms with van der Waals surface area (Å²) in [4.78, 5) is 4.77. The van der Waals surface area contributed by atoms with Gasteiger partial charge in [0.15, 0.2) is 0 Å². The molecule has 2 nitrogen and oxygen atoms in total. The number of nitrogens with zero attached hydrogens (tertiary/aromatic N) is 2. The van der Waals surface area contributed by atoms with E-state index in [1.807, 2.05) is 0 Å². The third-order valence-corrected chi connectivity index (χ3v) is 2.25. The van der Waals surface area contributed by atoms with Gasteiger partial charge in [0.25, 0.3) is 0 Å². The van der Waals surface area contributed by atoms with Gasteiger partial charge in [0, 0.05) is 19.8 Å². The summed E-state index contributed by atoms with van der Waals surface area (Å²) in [6.45, 7) is 7.97. The van der Waals surface area contributed by atoms with Gasteiger partial charge in [-0.1, -0.05) is 13.8 Å². The van der Waals surface area contributed by atoms with Crippen LogP contribution in [0, 0.1) is 0 Å². The van der Waals surface area contributed by atoms with E-state index in [9.17, 15) is 0 Å². The van der Waals surface area contributed by atoms with Crippen molar-refractivity contribution in [2.24, 2.45) is 0 Å². The van der Waals surface area contributed by atoms with Gasteiger partial charge in [0.05, 0.1) is 6.67 Å². The van der Waals surface area contributed by atoms with Crippen LogP contribution < -0.4 is 0 Å². The molecule has 1 aliphatic rings. The zero-order chi connectivity index (χ0) is 8.97. The second-order valence-electron chi connectivity index (χ2n) is 3.59. The third kappa shape index (κ3) is 2.52. The van der Waals surface area contributed by atoms with Crippen molar-refractivity contribution >= 4 is 0 Å². The third-order valence-electron chi connectivity index (χ3n) is 2.25. The first-order valence-electron chi connectivity index (χ1n) is 4.88. The van der Waals surface area contributed by atoms with E-state index in [2.05, 4.69) is 36.9 Å². The molecule has 0 N–H and O–H groups in total. The minimum Gasteiger partial charge on any atom is -0.368 e. The van der Waals surface area contributed by atoms with E-state index < -0.39 is 0 Å². The summed E-state index contributed by atoms with van der Waals surface area (Å²) in [5, 5.41) is 0. The van der Waals surface area contributed by atoms with Crippen molar-refractivity contribution in [2.75, 3.05) is 26.8 Å². The highest BCUT2D eigenvalue weighted by molar-refractivity contribution is 5.05. The molecule has 1 rings (SSSR count). The highest BCUT2D eigenvalue weighted by Gasteiger charge is 2.12. The highest BCUT2D eigenvalue weighted by Crippen LogP contribution is 2.11. The average Bonchev–Trinajstić information content (AvgIpc) is 2.04. The molecule has 0 amide bonds. The Morgan fingerprint density at radius 2 is 2.17 bits per heavy atom. The van der Waals surface area contributed by atoms with Crippen molar-refractivity contribution in [2.45, 2.75) is 26.7 Å². The molecule has 0 fully saturated rings. The van der Waals surface area contributed by atoms with Crippen molar-refractivity contribution < 1.29 is 0 Å². The molecule has 0 bridgehead atoms. The molecule has 0 radical (unpaired) electrons. The van der Waals surface area contributed by atoms with Crippen molar-refractivity contribution in [3.05, 3.63) is 11.8 Å². The molecule has 0 atom stereocenters. The molecule has 2 heteroatoms. The molecule has 0 aromatic heterocycles. The van der Waals surface area contributed by atoms with Crippen LogP contribution in [0.15, 0.2) is 11.8 Å². The van der Waals surface area contributed by atoms with Crippen molar-refractivity contribution in [1.29, 1.82) is 0 Å². The zero-order valence-corrected chi connectivity index (χ0v) is 8.51. The summed E-state index contributed by atoms with van der Waals surface area (Å²) in [7, 11) is 2.15. The van der Waals surface area contributed by atoms with Gasteiger partial charge in [0.1, 0.15) is 0 Å². The molecule has 1 heterocycles. The summed E-state index contributed by atoms with van der Waals surface area (Å²) in [5.41, 5.74) is 1.55. The SMILES string of the molecule is CCCN1CC(CC)=CN(C)C1. The van der Waals surface area contributed by atoms with E-state index in [0.29, 0.717) is 0 Å². The lowest BCUT2D eigenvalue weighted by Gasteiger charge is -2.32. The van der Waals surface area contributed by atoms with Gasteiger partial charge in [0.2, 0.25) is 0 Å². The van der Waals surface area contributed by atoms with E-state index in [1.165, 1.54) is 25.9 Å². The molecule has 0 spiro atoms. The maximum absolute atomic E-state index is 2.50. The summed E-state index contributed by atoms with van der Waals surface area (Å²) >= 11 is 0. The lowest BCUT2D eigenvalue weighted by atomic mass is 10.2. The van der Waals surface area contributed by atoms with Crippen LogP contribution >= 0.6 is 0 Å². The number of hydrogen-bond acceptors (Lipinski definition) is 2. The van der Waals surface area contributed by atoms with Crippen LogP contribution in [0.4, 0.5) is 0 Å². The van der Waals surface area contributed by atoms with Crippen LogP contribution in [0.1, 0.15) is 26.7 Å². The van der Waals surface area contributed by atoms with Crippen LogP contribution in [0.5, 0.6) is 0 Å². The summed E-state index contributed by atoms with van der Waals surface area (Å²) in [6.07, 6.45) is 4.72. The molecule has 0 aromatic rings. The topological polar surface area (TPSA) is 6.48 Å². The van der Waals surface area contributed by atoms with Gasteiger partial charge < -0.3 is 4.90 Å². The Kier molecular flexibility index (Phi) is 3.60. The largest absolute Gasteiger partial charge is 0.368 e. The first-order valence-corrected chi connectivity index (χ1v) is 4.88. The Balaban J connectivity index is 2.47. The van der Waals surface area contributed by atoms with E-state index in [4.69, 9.17) is 0 Å². The molecule has 0 aromatic carbocycles. The molecule has 0 saturated carbocycles. The Labute approximate surface area is 75.8 Å². The fourth-order valence-electron chi connectivity index (χ4n) is 1.72. The van der Waals surface area contributed by atoms with E-state index in [0.717, 1.165) is 6.67 Å². The smallest absolute Gasteiger partial charge is 0.0701 e. The van der Waals surface area contributed by atoms with Crippen molar-refractivity contribution in [3.8, 4) is 0 Å². The molecule has 0 aliphatic carbocycles. The Morgan fingerprint density at radius 1 is 1.42 bits per heavy atom. The van der Waals surface area contributed by atoms with Crippen LogP contribution in [0.25, 0.3) is 0 Å². The predicted molar refractivity (Wildman–Crippen MR) is 52.9 cm³/mol. The number of rotatable bonds is 3. The van der Waals surface area contributed by atoms with Gasteiger partial charge in [-0.3, -0.25) is 4.90 Å². The normalized spacial score (nSPS) is 19.6. The first kappa shape index (κ1) is 9.59. The molecule has 0 unspecified atom stereocenters. The molecular weight excluding hydrogens is 148 g/mol. The van der Waals surface area contributed by atoms with Gasteiger partial charge in [-0.2, -0.15) is 0 Å². The zero-order valence-electron chi connectivity index (χ0n) is 8.51. The minimum absolute atomic E-state index is 1.09. The lowest BCUT2D eigenvalue weighted by Crippen LogP contribution is -2.39. The second kappa shape index (κ2) is 4.51. The van der Waals surface area contributed by atoms with E-state index >= 15 is 0 Å². The molecule has 0 saturated heterocycles. The highest BCUT2D eigenvalue weighted by atomic mass is 15.3. The maximum atomic E-state index is 2.50. The predicted octanol–water partition coefficient (Wildman–Crippen LogP) is 1.90. The van der Waals surface area contributed by atoms with Crippen LogP contribution in [0.2, 0.25) is 0 Å². The fourth-order valence-corrected chi connectivity index (χ4v) is 1.72. The standard InChI is InChI=1S/C10H20N2/c1-4-6-12-8-10(5-2)7-11(3)9-12/h7H,4-6,8-9H2,1-3H3. The number of hydrogen-bond donors (Lipinski definition) is 0. The molecule has 70 valence electrons. The van der Waals surface area contributed by atoms with Gasteiger partial charge >= 0.3 is 0 Å². The van der Waals surface area contributed by atoms with Gasteiger partial charge in [-0.15, -0.1) is 0 Å². The van der Waals surface area contributed by atoms with Crippen molar-refractivity contribution in [1.82, 2.24) is 9.80 Å². The second-order valence-corrected chi connectivity index (χ2v) is 3.59. The quantitative estimate of drug-likeness (QED) is 0.635. The van der Waals surface area contributed by atoms with Crippen molar-refractivity contribution in [3.63, 3.8) is 0 Å². The van der Waals surface area contributed by atoms with E-state index in [-0.39, 0.29) is 0 Å². The Hall–Kier alpha value is -0.500. The molecular formula is C10H20N2. The first-order chi connectivity index (χ1) is 5.76. The Morgan fingerprint density at radius 3 is 2.75 bits per heavy atom. The molecule has 12 heavy (non-hydrogen) atoms. The molecule has 1 aliphatic heterocycles. The summed E-state index contributed by atoms with van der Waals surface area (Å²) in [6, 6.07) is 0. The van der Waals surface area contributed by atoms with Crippen LogP contribution in [-0.4, -0.2) is 36.6 Å². The summed E-state index contributed by atoms with van der Waals surface area (Å²) < 4.78 is 0. The monoisotopic (exact) mass is 168 g/mol. The minimum atomic E-state index is 1.09. The van der Waals surface area contributed by atoms with Crippen LogP contribution in [0.3, 0.4) is 0 Å². The summed E-state index contributed by atoms with van der Waals surface area (Å²) in [5.74, 6) is 0. The Bertz CT molecular complexity index is 163. The van der Waals surface area contributed by atoms with Crippen LogP contribution in [-0.2, 0) is 0 Å². The maximum Gasteiger partial charge on any atom is 0.0701 e. The lowest BCUT2D eigenvalue weighted by molar-refractivity contribution is 0.183. The van der Waals surface area contributed by atoms with E-state index in [1.54, 1.807) is 5.57 Å². The van der Waals surface area contributed by atoms with Gasteiger partial charge in [-0.25, -0.2) is 0 Å².